The number of nitrogens with one attached hydrogen (secondary N) is 6. The number of carboxylic acid groups (broad SMARTS) is 1. The molecule has 2 aromatic carbocycles. The van der Waals surface area contributed by atoms with Gasteiger partial charge in [0.2, 0.25) is 35.4 Å². The lowest BCUT2D eigenvalue weighted by atomic mass is 10.0. The number of nitrogens with zero attached hydrogens (tertiary/aromatic N) is 1. The van der Waals surface area contributed by atoms with Gasteiger partial charge in [-0.25, -0.2) is 4.79 Å². The van der Waals surface area contributed by atoms with E-state index in [1.54, 1.807) is 36.6 Å². The van der Waals surface area contributed by atoms with Gasteiger partial charge in [0.1, 0.15) is 42.0 Å². The van der Waals surface area contributed by atoms with Crippen molar-refractivity contribution in [2.24, 2.45) is 27.9 Å². The van der Waals surface area contributed by atoms with Crippen molar-refractivity contribution in [3.8, 4) is 5.75 Å². The molecule has 0 bridgehead atoms. The van der Waals surface area contributed by atoms with E-state index in [-0.39, 0.29) is 50.4 Å². The molecule has 0 saturated heterocycles. The molecule has 0 heterocycles. The molecule has 63 heavy (non-hydrogen) atoms. The fraction of sp³-hybridized carbons (Fsp3) is 0.512. The monoisotopic (exact) mass is 901 g/mol. The van der Waals surface area contributed by atoms with Gasteiger partial charge in [-0.3, -0.25) is 33.8 Å². The second-order valence-corrected chi connectivity index (χ2v) is 15.7. The highest BCUT2D eigenvalue weighted by Crippen LogP contribution is 2.13. The highest BCUT2D eigenvalue weighted by Gasteiger charge is 2.33. The molecule has 0 unspecified atom stereocenters. The van der Waals surface area contributed by atoms with Crippen molar-refractivity contribution in [2.45, 2.75) is 101 Å². The summed E-state index contributed by atoms with van der Waals surface area (Å²) in [4.78, 5) is 97.0. The van der Waals surface area contributed by atoms with E-state index in [9.17, 15) is 48.9 Å². The van der Waals surface area contributed by atoms with Crippen LogP contribution in [0.5, 0.6) is 5.75 Å². The maximum atomic E-state index is 14.1. The number of rotatable bonds is 29. The average Bonchev–Trinajstić information content (AvgIpc) is 3.25. The topological polar surface area (TPSA) is 369 Å². The minimum atomic E-state index is -1.45. The molecule has 6 amide bonds. The molecule has 348 valence electrons. The Morgan fingerprint density at radius 2 is 1.17 bits per heavy atom. The molecule has 2 aromatic rings. The zero-order valence-corrected chi connectivity index (χ0v) is 36.4. The minimum Gasteiger partial charge on any atom is -0.508 e. The van der Waals surface area contributed by atoms with E-state index in [0.29, 0.717) is 42.7 Å². The summed E-state index contributed by atoms with van der Waals surface area (Å²) in [5, 5.41) is 44.8. The van der Waals surface area contributed by atoms with Crippen LogP contribution in [0.1, 0.15) is 56.6 Å². The first-order chi connectivity index (χ1) is 30.0. The number of unbranched alkanes of at least 4 members (excludes halogenated alkanes) is 1. The number of benzene rings is 2. The van der Waals surface area contributed by atoms with Crippen LogP contribution < -0.4 is 54.8 Å². The number of hydrogen-bond donors (Lipinski definition) is 13. The zero-order chi connectivity index (χ0) is 46.9. The number of guanidine groups is 1. The molecular formula is C41H63N11O10S. The molecule has 0 saturated carbocycles. The standard InChI is InChI=1S/C41H63N11O10S/c1-24(47-39(60)33(23-53)52-35(56)28(43)11-6-7-18-42)34(55)50-31(21-26-13-15-27(54)16-14-26)38(59)49-30(17-20-63-2)37(58)48-29(12-8-19-46-41(44)45)36(57)51-32(40(61)62)22-25-9-4-3-5-10-25/h3-5,9-10,13-16,24,28-33,53-54H,6-8,11-12,17-23,42-43H2,1-2H3,(H,47,60)(H,48,58)(H,49,59)(H,50,55)(H,51,57)(H,52,56)(H,61,62)(H4,44,45,46)/t24-,28-,29-,30-,31-,32-,33-/m0/s1. The Bertz CT molecular complexity index is 1820. The number of thioether (sulfide) groups is 1. The van der Waals surface area contributed by atoms with E-state index in [2.05, 4.69) is 36.9 Å². The maximum Gasteiger partial charge on any atom is 0.326 e. The maximum absolute atomic E-state index is 14.1. The van der Waals surface area contributed by atoms with E-state index in [0.717, 1.165) is 0 Å². The molecule has 0 spiro atoms. The fourth-order valence-corrected chi connectivity index (χ4v) is 6.48. The molecule has 17 N–H and O–H groups in total. The molecule has 2 rings (SSSR count). The van der Waals surface area contributed by atoms with Gasteiger partial charge in [-0.15, -0.1) is 0 Å². The van der Waals surface area contributed by atoms with Gasteiger partial charge in [-0.2, -0.15) is 11.8 Å². The second-order valence-electron chi connectivity index (χ2n) is 14.7. The minimum absolute atomic E-state index is 0.0131. The predicted octanol–water partition coefficient (Wildman–Crippen LogP) is -2.55. The van der Waals surface area contributed by atoms with Gasteiger partial charge in [0, 0.05) is 19.4 Å². The first-order valence-electron chi connectivity index (χ1n) is 20.5. The Balaban J connectivity index is 2.31. The third-order valence-electron chi connectivity index (χ3n) is 9.60. The third kappa shape index (κ3) is 20.2. The molecule has 0 fully saturated rings. The van der Waals surface area contributed by atoms with Crippen LogP contribution in [-0.2, 0) is 46.4 Å². The number of carbonyl (C=O) groups is 7. The lowest BCUT2D eigenvalue weighted by molar-refractivity contribution is -0.142. The molecule has 0 aliphatic heterocycles. The van der Waals surface area contributed by atoms with Crippen LogP contribution in [0.3, 0.4) is 0 Å². The van der Waals surface area contributed by atoms with Gasteiger partial charge in [-0.05, 0) is 80.8 Å². The SMILES string of the molecule is CSCC[C@H](NC(=O)[C@H](Cc1ccc(O)cc1)NC(=O)[C@H](C)NC(=O)[C@H](CO)NC(=O)[C@@H](N)CCCCN)C(=O)N[C@@H](CCCN=C(N)N)C(=O)N[C@@H](Cc1ccccc1)C(=O)O. The van der Waals surface area contributed by atoms with Crippen LogP contribution in [0.4, 0.5) is 0 Å². The zero-order valence-electron chi connectivity index (χ0n) is 35.6. The van der Waals surface area contributed by atoms with Crippen LogP contribution in [0.15, 0.2) is 59.6 Å². The van der Waals surface area contributed by atoms with E-state index < -0.39 is 90.3 Å². The fourth-order valence-electron chi connectivity index (χ4n) is 6.01. The smallest absolute Gasteiger partial charge is 0.326 e. The first kappa shape index (κ1) is 53.2. The van der Waals surface area contributed by atoms with Gasteiger partial charge in [0.05, 0.1) is 12.6 Å². The largest absolute Gasteiger partial charge is 0.508 e. The Morgan fingerprint density at radius 3 is 1.75 bits per heavy atom. The van der Waals surface area contributed by atoms with Crippen LogP contribution in [-0.4, -0.2) is 137 Å². The Morgan fingerprint density at radius 1 is 0.651 bits per heavy atom. The van der Waals surface area contributed by atoms with Crippen molar-refractivity contribution in [3.63, 3.8) is 0 Å². The molecule has 21 nitrogen and oxygen atoms in total. The summed E-state index contributed by atoms with van der Waals surface area (Å²) < 4.78 is 0. The van der Waals surface area contributed by atoms with Crippen molar-refractivity contribution < 1.29 is 48.9 Å². The van der Waals surface area contributed by atoms with E-state index >= 15 is 0 Å². The summed E-state index contributed by atoms with van der Waals surface area (Å²) >= 11 is 1.37. The van der Waals surface area contributed by atoms with Crippen LogP contribution in [0.25, 0.3) is 0 Å². The average molecular weight is 902 g/mol. The second kappa shape index (κ2) is 28.6. The van der Waals surface area contributed by atoms with Crippen LogP contribution in [0, 0.1) is 0 Å². The van der Waals surface area contributed by atoms with Crippen molar-refractivity contribution >= 4 is 59.1 Å². The van der Waals surface area contributed by atoms with Crippen LogP contribution >= 0.6 is 11.8 Å². The highest BCUT2D eigenvalue weighted by molar-refractivity contribution is 7.98. The number of aliphatic imine (C=N–C) groups is 1. The number of aromatic hydroxyl groups is 1. The normalized spacial score (nSPS) is 14.2. The Kier molecular flexibility index (Phi) is 24.1. The number of hydrogen-bond acceptors (Lipinski definition) is 13. The summed E-state index contributed by atoms with van der Waals surface area (Å²) in [6.45, 7) is 1.02. The number of aliphatic hydroxyl groups excluding tert-OH is 1. The predicted molar refractivity (Wildman–Crippen MR) is 238 cm³/mol. The summed E-state index contributed by atoms with van der Waals surface area (Å²) in [5.74, 6) is -5.98. The Hall–Kier alpha value is -5.97. The summed E-state index contributed by atoms with van der Waals surface area (Å²) in [5.41, 5.74) is 23.4. The van der Waals surface area contributed by atoms with Crippen molar-refractivity contribution in [1.29, 1.82) is 0 Å². The number of carboxylic acids is 1. The summed E-state index contributed by atoms with van der Waals surface area (Å²) in [7, 11) is 0. The molecule has 22 heteroatoms. The van der Waals surface area contributed by atoms with Crippen LogP contribution in [0.2, 0.25) is 0 Å². The summed E-state index contributed by atoms with van der Waals surface area (Å²) in [6.07, 6.45) is 3.38. The molecular weight excluding hydrogens is 839 g/mol. The van der Waals surface area contributed by atoms with Gasteiger partial charge in [0.25, 0.3) is 0 Å². The number of phenols is 1. The first-order valence-corrected chi connectivity index (χ1v) is 21.9. The molecule has 0 aliphatic carbocycles. The van der Waals surface area contributed by atoms with Gasteiger partial charge in [-0.1, -0.05) is 48.9 Å². The molecule has 0 radical (unpaired) electrons. The number of amides is 6. The van der Waals surface area contributed by atoms with E-state index in [1.807, 2.05) is 0 Å². The van der Waals surface area contributed by atoms with E-state index in [4.69, 9.17) is 22.9 Å². The van der Waals surface area contributed by atoms with Crippen molar-refractivity contribution in [1.82, 2.24) is 31.9 Å². The highest BCUT2D eigenvalue weighted by atomic mass is 32.2. The Labute approximate surface area is 370 Å². The van der Waals surface area contributed by atoms with Crippen molar-refractivity contribution in [2.75, 3.05) is 31.7 Å². The molecule has 0 aromatic heterocycles. The van der Waals surface area contributed by atoms with E-state index in [1.165, 1.54) is 43.0 Å². The summed E-state index contributed by atoms with van der Waals surface area (Å²) in [6, 6.07) is 5.48. The third-order valence-corrected chi connectivity index (χ3v) is 10.2. The molecule has 0 aliphatic rings. The number of phenolic OH excluding ortho intramolecular Hbond substituents is 1. The van der Waals surface area contributed by atoms with Gasteiger partial charge in [0.15, 0.2) is 5.96 Å². The molecule has 7 atom stereocenters. The van der Waals surface area contributed by atoms with Gasteiger partial charge >= 0.3 is 5.97 Å². The number of aliphatic carboxylic acids is 1. The number of aliphatic hydroxyl groups is 1. The lowest BCUT2D eigenvalue weighted by Crippen LogP contribution is -2.60. The quantitative estimate of drug-likeness (QED) is 0.0227. The number of carbonyl (C=O) groups excluding carboxylic acids is 6. The van der Waals surface area contributed by atoms with Gasteiger partial charge < -0.3 is 70.2 Å². The number of nitrogens with two attached hydrogens (primary N) is 4. The lowest BCUT2D eigenvalue weighted by Gasteiger charge is -2.27. The van der Waals surface area contributed by atoms with Crippen molar-refractivity contribution in [3.05, 3.63) is 65.7 Å².